The highest BCUT2D eigenvalue weighted by molar-refractivity contribution is 5.84. The van der Waals surface area contributed by atoms with Crippen LogP contribution >= 0.6 is 0 Å². The number of fused-ring (bicyclic) bond motifs is 1. The Morgan fingerprint density at radius 3 is 2.10 bits per heavy atom. The van der Waals surface area contributed by atoms with E-state index in [9.17, 15) is 9.50 Å². The van der Waals surface area contributed by atoms with E-state index in [1.807, 2.05) is 0 Å². The van der Waals surface area contributed by atoms with Crippen molar-refractivity contribution in [1.82, 2.24) is 9.55 Å². The monoisotopic (exact) mass is 424 g/mol. The van der Waals surface area contributed by atoms with E-state index in [-0.39, 0.29) is 5.75 Å². The number of benzene rings is 3. The molecular formula is C23H21FN2O5. The molecule has 0 amide bonds. The van der Waals surface area contributed by atoms with Crippen molar-refractivity contribution in [2.24, 2.45) is 0 Å². The summed E-state index contributed by atoms with van der Waals surface area (Å²) in [6.45, 7) is 0. The van der Waals surface area contributed by atoms with E-state index >= 15 is 0 Å². The van der Waals surface area contributed by atoms with Gasteiger partial charge in [0.2, 0.25) is 5.75 Å². The molecule has 0 aliphatic heterocycles. The summed E-state index contributed by atoms with van der Waals surface area (Å²) < 4.78 is 38.0. The maximum atomic E-state index is 14.8. The van der Waals surface area contributed by atoms with Gasteiger partial charge in [-0.3, -0.25) is 4.57 Å². The summed E-state index contributed by atoms with van der Waals surface area (Å²) in [7, 11) is 6.07. The molecule has 3 aromatic carbocycles. The quantitative estimate of drug-likeness (QED) is 0.489. The number of imidazole rings is 1. The summed E-state index contributed by atoms with van der Waals surface area (Å²) in [5, 5.41) is 10.1. The largest absolute Gasteiger partial charge is 0.504 e. The maximum absolute atomic E-state index is 14.8. The first kappa shape index (κ1) is 20.3. The molecule has 0 bridgehead atoms. The van der Waals surface area contributed by atoms with Crippen LogP contribution in [0.1, 0.15) is 0 Å². The lowest BCUT2D eigenvalue weighted by Gasteiger charge is -2.15. The molecular weight excluding hydrogens is 403 g/mol. The lowest BCUT2D eigenvalue weighted by molar-refractivity contribution is 0.324. The second kappa shape index (κ2) is 8.06. The van der Waals surface area contributed by atoms with Crippen LogP contribution in [0, 0.1) is 5.82 Å². The number of hydrogen-bond acceptors (Lipinski definition) is 6. The average Bonchev–Trinajstić information content (AvgIpc) is 3.19. The molecule has 0 atom stereocenters. The second-order valence-electron chi connectivity index (χ2n) is 6.71. The van der Waals surface area contributed by atoms with E-state index < -0.39 is 5.82 Å². The van der Waals surface area contributed by atoms with Crippen molar-refractivity contribution in [3.05, 3.63) is 54.6 Å². The van der Waals surface area contributed by atoms with Crippen LogP contribution in [0.5, 0.6) is 28.7 Å². The number of hydrogen-bond donors (Lipinski definition) is 1. The molecule has 31 heavy (non-hydrogen) atoms. The number of phenolic OH excluding ortho intramolecular Hbond substituents is 1. The summed E-state index contributed by atoms with van der Waals surface area (Å²) in [6, 6.07) is 11.3. The highest BCUT2D eigenvalue weighted by Crippen LogP contribution is 2.40. The Bertz CT molecular complexity index is 1240. The third-order valence-corrected chi connectivity index (χ3v) is 5.05. The number of methoxy groups -OCH3 is 4. The van der Waals surface area contributed by atoms with Gasteiger partial charge in [-0.25, -0.2) is 9.37 Å². The molecule has 0 aliphatic rings. The third-order valence-electron chi connectivity index (χ3n) is 5.05. The van der Waals surface area contributed by atoms with Crippen LogP contribution in [0.3, 0.4) is 0 Å². The van der Waals surface area contributed by atoms with Crippen molar-refractivity contribution in [3.8, 4) is 45.6 Å². The minimum absolute atomic E-state index is 0.0716. The average molecular weight is 424 g/mol. The summed E-state index contributed by atoms with van der Waals surface area (Å²) in [5.74, 6) is 1.23. The first-order valence-corrected chi connectivity index (χ1v) is 9.35. The third kappa shape index (κ3) is 3.46. The Balaban J connectivity index is 1.90. The fourth-order valence-electron chi connectivity index (χ4n) is 3.52. The van der Waals surface area contributed by atoms with Crippen LogP contribution in [0.2, 0.25) is 0 Å². The van der Waals surface area contributed by atoms with Crippen LogP contribution in [0.4, 0.5) is 4.39 Å². The zero-order valence-corrected chi connectivity index (χ0v) is 17.5. The lowest BCUT2D eigenvalue weighted by Crippen LogP contribution is -1.99. The van der Waals surface area contributed by atoms with E-state index in [2.05, 4.69) is 4.98 Å². The Morgan fingerprint density at radius 1 is 0.839 bits per heavy atom. The van der Waals surface area contributed by atoms with Gasteiger partial charge in [-0.2, -0.15) is 0 Å². The zero-order chi connectivity index (χ0) is 22.1. The van der Waals surface area contributed by atoms with Gasteiger partial charge in [0.25, 0.3) is 0 Å². The molecule has 1 aromatic heterocycles. The lowest BCUT2D eigenvalue weighted by atomic mass is 10.0. The van der Waals surface area contributed by atoms with E-state index in [0.717, 1.165) is 0 Å². The minimum Gasteiger partial charge on any atom is -0.504 e. The molecule has 0 unspecified atom stereocenters. The van der Waals surface area contributed by atoms with E-state index in [0.29, 0.717) is 50.8 Å². The van der Waals surface area contributed by atoms with Gasteiger partial charge in [0.05, 0.1) is 45.2 Å². The van der Waals surface area contributed by atoms with Gasteiger partial charge in [-0.15, -0.1) is 0 Å². The topological polar surface area (TPSA) is 75.0 Å². The Kier molecular flexibility index (Phi) is 5.29. The molecule has 0 radical (unpaired) electrons. The zero-order valence-electron chi connectivity index (χ0n) is 17.5. The van der Waals surface area contributed by atoms with Gasteiger partial charge >= 0.3 is 0 Å². The summed E-state index contributed by atoms with van der Waals surface area (Å²) in [4.78, 5) is 4.33. The SMILES string of the molecule is COc1ccc(-c2cc3c(cc2F)ncn3-c2cc(OC)c(OC)c(OC)c2)cc1O. The van der Waals surface area contributed by atoms with Crippen molar-refractivity contribution in [3.63, 3.8) is 0 Å². The molecule has 0 saturated carbocycles. The predicted octanol–water partition coefficient (Wildman–Crippen LogP) is 4.57. The Hall–Kier alpha value is -3.94. The molecule has 0 aliphatic carbocycles. The molecule has 8 heteroatoms. The number of aromatic nitrogens is 2. The van der Waals surface area contributed by atoms with Crippen LogP contribution < -0.4 is 18.9 Å². The highest BCUT2D eigenvalue weighted by Gasteiger charge is 2.17. The molecule has 4 aromatic rings. The Morgan fingerprint density at radius 2 is 1.52 bits per heavy atom. The van der Waals surface area contributed by atoms with Crippen LogP contribution in [0.15, 0.2) is 48.8 Å². The van der Waals surface area contributed by atoms with E-state index in [4.69, 9.17) is 18.9 Å². The van der Waals surface area contributed by atoms with Gasteiger partial charge in [0.15, 0.2) is 23.0 Å². The van der Waals surface area contributed by atoms with Crippen molar-refractivity contribution >= 4 is 11.0 Å². The molecule has 0 spiro atoms. The standard InChI is InChI=1S/C23H21FN2O5/c1-28-20-6-5-13(7-19(20)27)15-10-18-17(11-16(15)24)25-12-26(18)14-8-21(29-2)23(31-4)22(9-14)30-3/h5-12,27H,1-4H3. The number of ether oxygens (including phenoxy) is 4. The van der Waals surface area contributed by atoms with Crippen molar-refractivity contribution < 1.29 is 28.4 Å². The molecule has 7 nitrogen and oxygen atoms in total. The predicted molar refractivity (Wildman–Crippen MR) is 114 cm³/mol. The molecule has 1 heterocycles. The van der Waals surface area contributed by atoms with Crippen LogP contribution in [-0.4, -0.2) is 43.1 Å². The molecule has 1 N–H and O–H groups in total. The number of aromatic hydroxyl groups is 1. The van der Waals surface area contributed by atoms with Crippen LogP contribution in [0.25, 0.3) is 27.8 Å². The smallest absolute Gasteiger partial charge is 0.203 e. The van der Waals surface area contributed by atoms with Crippen LogP contribution in [-0.2, 0) is 0 Å². The van der Waals surface area contributed by atoms with Crippen molar-refractivity contribution in [1.29, 1.82) is 0 Å². The first-order valence-electron chi connectivity index (χ1n) is 9.35. The highest BCUT2D eigenvalue weighted by atomic mass is 19.1. The molecule has 160 valence electrons. The number of rotatable bonds is 6. The fraction of sp³-hybridized carbons (Fsp3) is 0.174. The normalized spacial score (nSPS) is 10.9. The van der Waals surface area contributed by atoms with Crippen molar-refractivity contribution in [2.45, 2.75) is 0 Å². The summed E-state index contributed by atoms with van der Waals surface area (Å²) >= 11 is 0. The first-order chi connectivity index (χ1) is 15.0. The van der Waals surface area contributed by atoms with Gasteiger partial charge in [0, 0.05) is 23.8 Å². The van der Waals surface area contributed by atoms with Gasteiger partial charge < -0.3 is 24.1 Å². The minimum atomic E-state index is -0.452. The Labute approximate surface area is 178 Å². The molecule has 0 fully saturated rings. The number of phenols is 1. The summed E-state index contributed by atoms with van der Waals surface area (Å²) in [5.41, 5.74) is 2.68. The molecule has 0 saturated heterocycles. The van der Waals surface area contributed by atoms with Gasteiger partial charge in [0.1, 0.15) is 12.1 Å². The van der Waals surface area contributed by atoms with E-state index in [1.165, 1.54) is 40.6 Å². The second-order valence-corrected chi connectivity index (χ2v) is 6.71. The fourth-order valence-corrected chi connectivity index (χ4v) is 3.52. The number of nitrogens with zero attached hydrogens (tertiary/aromatic N) is 2. The van der Waals surface area contributed by atoms with E-state index in [1.54, 1.807) is 41.2 Å². The number of halogens is 1. The van der Waals surface area contributed by atoms with Crippen molar-refractivity contribution in [2.75, 3.05) is 28.4 Å². The maximum Gasteiger partial charge on any atom is 0.203 e. The van der Waals surface area contributed by atoms with Gasteiger partial charge in [-0.1, -0.05) is 6.07 Å². The summed E-state index contributed by atoms with van der Waals surface area (Å²) in [6.07, 6.45) is 1.60. The van der Waals surface area contributed by atoms with Gasteiger partial charge in [-0.05, 0) is 23.8 Å². The molecule has 4 rings (SSSR count).